The third kappa shape index (κ3) is 5.55. The minimum Gasteiger partial charge on any atom is -0.459 e. The van der Waals surface area contributed by atoms with E-state index >= 15 is 0 Å². The molecule has 1 aromatic rings. The average Bonchev–Trinajstić information content (AvgIpc) is 2.58. The van der Waals surface area contributed by atoms with Crippen molar-refractivity contribution in [2.24, 2.45) is 5.41 Å². The van der Waals surface area contributed by atoms with E-state index in [1.807, 2.05) is 30.3 Å². The highest BCUT2D eigenvalue weighted by Crippen LogP contribution is 2.19. The summed E-state index contributed by atoms with van der Waals surface area (Å²) in [5, 5.41) is 2.93. The van der Waals surface area contributed by atoms with Crippen LogP contribution in [0, 0.1) is 5.41 Å². The molecule has 2 amide bonds. The molecule has 5 nitrogen and oxygen atoms in total. The minimum absolute atomic E-state index is 0.00869. The number of likely N-dealkylation sites (tertiary alicyclic amines) is 1. The van der Waals surface area contributed by atoms with E-state index in [-0.39, 0.29) is 24.0 Å². The van der Waals surface area contributed by atoms with Crippen LogP contribution in [0.3, 0.4) is 0 Å². The van der Waals surface area contributed by atoms with Gasteiger partial charge in [-0.15, -0.1) is 0 Å². The molecular weight excluding hydrogens is 304 g/mol. The standard InChI is InChI=1S/C19H28N2O3/c1-19(2,3)14-20-18(23)21-12-8-7-11-16(21)17(22)24-13-15-9-5-4-6-10-15/h4-6,9-10,16H,7-8,11-14H2,1-3H3,(H,20,23)/t16-/m0/s1. The Bertz CT molecular complexity index is 551. The van der Waals surface area contributed by atoms with E-state index in [0.717, 1.165) is 18.4 Å². The Morgan fingerprint density at radius 2 is 1.92 bits per heavy atom. The van der Waals surface area contributed by atoms with Crippen LogP contribution in [-0.2, 0) is 16.1 Å². The van der Waals surface area contributed by atoms with Gasteiger partial charge in [0.25, 0.3) is 0 Å². The van der Waals surface area contributed by atoms with Crippen LogP contribution < -0.4 is 5.32 Å². The number of hydrogen-bond donors (Lipinski definition) is 1. The number of carbonyl (C=O) groups excluding carboxylic acids is 2. The zero-order valence-corrected chi connectivity index (χ0v) is 14.9. The molecule has 0 aliphatic carbocycles. The van der Waals surface area contributed by atoms with Crippen LogP contribution in [0.4, 0.5) is 4.79 Å². The van der Waals surface area contributed by atoms with Crippen LogP contribution in [-0.4, -0.2) is 36.0 Å². The number of hydrogen-bond acceptors (Lipinski definition) is 3. The molecule has 0 saturated carbocycles. The van der Waals surface area contributed by atoms with Crippen molar-refractivity contribution in [2.45, 2.75) is 52.7 Å². The highest BCUT2D eigenvalue weighted by atomic mass is 16.5. The number of carbonyl (C=O) groups is 2. The summed E-state index contributed by atoms with van der Waals surface area (Å²) in [5.41, 5.74) is 0.958. The summed E-state index contributed by atoms with van der Waals surface area (Å²) in [4.78, 5) is 26.5. The molecule has 24 heavy (non-hydrogen) atoms. The Labute approximate surface area is 144 Å². The second-order valence-corrected chi connectivity index (χ2v) is 7.52. The predicted octanol–water partition coefficient (Wildman–Crippen LogP) is 3.34. The van der Waals surface area contributed by atoms with Crippen molar-refractivity contribution >= 4 is 12.0 Å². The number of urea groups is 1. The second kappa shape index (κ2) is 8.18. The van der Waals surface area contributed by atoms with Crippen molar-refractivity contribution in [3.05, 3.63) is 35.9 Å². The fourth-order valence-electron chi connectivity index (χ4n) is 2.69. The van der Waals surface area contributed by atoms with Crippen molar-refractivity contribution in [1.82, 2.24) is 10.2 Å². The van der Waals surface area contributed by atoms with E-state index in [9.17, 15) is 9.59 Å². The van der Waals surface area contributed by atoms with Gasteiger partial charge in [0, 0.05) is 13.1 Å². The highest BCUT2D eigenvalue weighted by molar-refractivity contribution is 5.84. The third-order valence-corrected chi connectivity index (χ3v) is 4.03. The summed E-state index contributed by atoms with van der Waals surface area (Å²) >= 11 is 0. The lowest BCUT2D eigenvalue weighted by atomic mass is 9.97. The van der Waals surface area contributed by atoms with Gasteiger partial charge in [-0.25, -0.2) is 9.59 Å². The summed E-state index contributed by atoms with van der Waals surface area (Å²) in [6.07, 6.45) is 2.52. The molecule has 0 spiro atoms. The van der Waals surface area contributed by atoms with E-state index in [1.165, 1.54) is 0 Å². The number of nitrogens with zero attached hydrogens (tertiary/aromatic N) is 1. The van der Waals surface area contributed by atoms with E-state index in [2.05, 4.69) is 26.1 Å². The van der Waals surface area contributed by atoms with Gasteiger partial charge in [-0.05, 0) is 30.2 Å². The van der Waals surface area contributed by atoms with Gasteiger partial charge in [-0.1, -0.05) is 51.1 Å². The number of ether oxygens (including phenoxy) is 1. The van der Waals surface area contributed by atoms with Crippen LogP contribution in [0.15, 0.2) is 30.3 Å². The van der Waals surface area contributed by atoms with Crippen LogP contribution >= 0.6 is 0 Å². The van der Waals surface area contributed by atoms with Gasteiger partial charge in [0.1, 0.15) is 12.6 Å². The summed E-state index contributed by atoms with van der Waals surface area (Å²) in [6, 6.07) is 8.93. The first-order valence-corrected chi connectivity index (χ1v) is 8.62. The minimum atomic E-state index is -0.484. The van der Waals surface area contributed by atoms with E-state index in [4.69, 9.17) is 4.74 Å². The van der Waals surface area contributed by atoms with Crippen LogP contribution in [0.2, 0.25) is 0 Å². The van der Waals surface area contributed by atoms with Gasteiger partial charge >= 0.3 is 12.0 Å². The molecule has 0 bridgehead atoms. The maximum atomic E-state index is 12.4. The number of piperidine rings is 1. The number of esters is 1. The quantitative estimate of drug-likeness (QED) is 0.860. The molecule has 0 aromatic heterocycles. The number of amides is 2. The first-order chi connectivity index (χ1) is 11.4. The zero-order valence-electron chi connectivity index (χ0n) is 14.9. The molecule has 1 saturated heterocycles. The van der Waals surface area contributed by atoms with Gasteiger partial charge in [0.15, 0.2) is 0 Å². The molecule has 1 N–H and O–H groups in total. The largest absolute Gasteiger partial charge is 0.459 e. The Balaban J connectivity index is 1.92. The van der Waals surface area contributed by atoms with Crippen molar-refractivity contribution in [3.63, 3.8) is 0 Å². The normalized spacial score (nSPS) is 18.1. The maximum Gasteiger partial charge on any atom is 0.329 e. The summed E-state index contributed by atoms with van der Waals surface area (Å²) in [7, 11) is 0. The molecule has 1 aliphatic rings. The summed E-state index contributed by atoms with van der Waals surface area (Å²) in [6.45, 7) is 7.61. The molecule has 1 aliphatic heterocycles. The molecule has 1 heterocycles. The van der Waals surface area contributed by atoms with Gasteiger partial charge in [0.2, 0.25) is 0 Å². The fraction of sp³-hybridized carbons (Fsp3) is 0.579. The van der Waals surface area contributed by atoms with Crippen molar-refractivity contribution < 1.29 is 14.3 Å². The smallest absolute Gasteiger partial charge is 0.329 e. The molecule has 0 unspecified atom stereocenters. The lowest BCUT2D eigenvalue weighted by molar-refractivity contribution is -0.151. The molecule has 1 atom stereocenters. The zero-order chi connectivity index (χ0) is 17.6. The van der Waals surface area contributed by atoms with Crippen molar-refractivity contribution in [2.75, 3.05) is 13.1 Å². The summed E-state index contributed by atoms with van der Waals surface area (Å²) in [5.74, 6) is -0.315. The maximum absolute atomic E-state index is 12.4. The third-order valence-electron chi connectivity index (χ3n) is 4.03. The fourth-order valence-corrected chi connectivity index (χ4v) is 2.69. The Kier molecular flexibility index (Phi) is 6.23. The first-order valence-electron chi connectivity index (χ1n) is 8.62. The van der Waals surface area contributed by atoms with E-state index in [1.54, 1.807) is 4.90 Å². The highest BCUT2D eigenvalue weighted by Gasteiger charge is 2.33. The van der Waals surface area contributed by atoms with Crippen LogP contribution in [0.25, 0.3) is 0 Å². The SMILES string of the molecule is CC(C)(C)CNC(=O)N1CCCC[C@H]1C(=O)OCc1ccccc1. The Morgan fingerprint density at radius 1 is 1.21 bits per heavy atom. The van der Waals surface area contributed by atoms with E-state index < -0.39 is 6.04 Å². The molecule has 2 rings (SSSR count). The molecular formula is C19H28N2O3. The van der Waals surface area contributed by atoms with Gasteiger partial charge < -0.3 is 15.0 Å². The topological polar surface area (TPSA) is 58.6 Å². The number of nitrogens with one attached hydrogen (secondary N) is 1. The number of benzene rings is 1. The summed E-state index contributed by atoms with van der Waals surface area (Å²) < 4.78 is 5.43. The molecule has 5 heteroatoms. The van der Waals surface area contributed by atoms with Gasteiger partial charge in [0.05, 0.1) is 0 Å². The van der Waals surface area contributed by atoms with E-state index in [0.29, 0.717) is 19.5 Å². The number of rotatable bonds is 4. The molecule has 132 valence electrons. The monoisotopic (exact) mass is 332 g/mol. The molecule has 1 fully saturated rings. The Hall–Kier alpha value is -2.04. The van der Waals surface area contributed by atoms with Gasteiger partial charge in [-0.3, -0.25) is 0 Å². The molecule has 1 aromatic carbocycles. The van der Waals surface area contributed by atoms with Gasteiger partial charge in [-0.2, -0.15) is 0 Å². The lowest BCUT2D eigenvalue weighted by Gasteiger charge is -2.34. The van der Waals surface area contributed by atoms with Crippen LogP contribution in [0.5, 0.6) is 0 Å². The Morgan fingerprint density at radius 3 is 2.58 bits per heavy atom. The predicted molar refractivity (Wildman–Crippen MR) is 93.4 cm³/mol. The van der Waals surface area contributed by atoms with Crippen molar-refractivity contribution in [3.8, 4) is 0 Å². The lowest BCUT2D eigenvalue weighted by Crippen LogP contribution is -2.53. The molecule has 0 radical (unpaired) electrons. The van der Waals surface area contributed by atoms with Crippen molar-refractivity contribution in [1.29, 1.82) is 0 Å². The van der Waals surface area contributed by atoms with Crippen LogP contribution in [0.1, 0.15) is 45.6 Å². The average molecular weight is 332 g/mol. The second-order valence-electron chi connectivity index (χ2n) is 7.52. The first kappa shape index (κ1) is 18.3.